The number of nitrogens with zero attached hydrogens (tertiary/aromatic N) is 1. The molecule has 0 N–H and O–H groups in total. The van der Waals surface area contributed by atoms with Gasteiger partial charge in [0.25, 0.3) is 0 Å². The van der Waals surface area contributed by atoms with Crippen molar-refractivity contribution < 1.29 is 33.3 Å². The van der Waals surface area contributed by atoms with Gasteiger partial charge >= 0.3 is 18.2 Å². The van der Waals surface area contributed by atoms with Crippen LogP contribution in [0.2, 0.25) is 0 Å². The van der Waals surface area contributed by atoms with Crippen molar-refractivity contribution in [1.82, 2.24) is 0 Å². The van der Waals surface area contributed by atoms with E-state index in [1.165, 1.54) is 12.0 Å². The van der Waals surface area contributed by atoms with Crippen molar-refractivity contribution in [2.75, 3.05) is 12.0 Å². The summed E-state index contributed by atoms with van der Waals surface area (Å²) in [7, 11) is 1.27. The van der Waals surface area contributed by atoms with Crippen molar-refractivity contribution in [3.63, 3.8) is 0 Å². The summed E-state index contributed by atoms with van der Waals surface area (Å²) < 4.78 is 21.5. The molecule has 0 saturated heterocycles. The third-order valence-corrected chi connectivity index (χ3v) is 4.19. The van der Waals surface area contributed by atoms with Gasteiger partial charge in [-0.25, -0.2) is 19.3 Å². The number of benzene rings is 1. The van der Waals surface area contributed by atoms with E-state index in [9.17, 15) is 14.4 Å². The number of ether oxygens (including phenoxy) is 4. The van der Waals surface area contributed by atoms with E-state index in [1.807, 2.05) is 0 Å². The highest BCUT2D eigenvalue weighted by atomic mass is 79.9. The number of halogens is 1. The van der Waals surface area contributed by atoms with Gasteiger partial charge < -0.3 is 18.9 Å². The molecule has 0 aliphatic carbocycles. The van der Waals surface area contributed by atoms with Gasteiger partial charge in [-0.15, -0.1) is 0 Å². The Morgan fingerprint density at radius 2 is 1.62 bits per heavy atom. The zero-order valence-electron chi connectivity index (χ0n) is 17.6. The Morgan fingerprint density at radius 1 is 1.03 bits per heavy atom. The summed E-state index contributed by atoms with van der Waals surface area (Å²) in [6, 6.07) is 3.25. The molecule has 1 unspecified atom stereocenters. The number of anilines is 1. The van der Waals surface area contributed by atoms with Gasteiger partial charge in [0.1, 0.15) is 11.2 Å². The average molecular weight is 472 g/mol. The number of esters is 1. The summed E-state index contributed by atoms with van der Waals surface area (Å²) in [6.07, 6.45) is -2.58. The minimum Gasteiger partial charge on any atom is -0.465 e. The van der Waals surface area contributed by atoms with Gasteiger partial charge in [0.2, 0.25) is 0 Å². The summed E-state index contributed by atoms with van der Waals surface area (Å²) in [5, 5.41) is 0. The molecular weight excluding hydrogens is 446 g/mol. The molecule has 0 spiro atoms. The van der Waals surface area contributed by atoms with Crippen LogP contribution in [0.25, 0.3) is 0 Å². The van der Waals surface area contributed by atoms with E-state index in [1.54, 1.807) is 53.7 Å². The quantitative estimate of drug-likeness (QED) is 0.451. The molecule has 0 radical (unpaired) electrons. The summed E-state index contributed by atoms with van der Waals surface area (Å²) in [5.74, 6) is -0.565. The van der Waals surface area contributed by atoms with Crippen molar-refractivity contribution in [1.29, 1.82) is 0 Å². The molecule has 0 fully saturated rings. The maximum Gasteiger partial charge on any atom is 0.510 e. The monoisotopic (exact) mass is 471 g/mol. The van der Waals surface area contributed by atoms with Gasteiger partial charge in [-0.05, 0) is 59.2 Å². The molecule has 0 saturated carbocycles. The number of rotatable bonds is 2. The van der Waals surface area contributed by atoms with Gasteiger partial charge in [0.05, 0.1) is 18.4 Å². The molecule has 1 amide bonds. The van der Waals surface area contributed by atoms with Gasteiger partial charge in [0, 0.05) is 10.9 Å². The zero-order valence-corrected chi connectivity index (χ0v) is 19.2. The Bertz CT molecular complexity index is 823. The lowest BCUT2D eigenvalue weighted by atomic mass is 10.0. The molecular formula is C20H26BrNO7. The Morgan fingerprint density at radius 3 is 2.14 bits per heavy atom. The SMILES string of the molecule is COC(=O)c1cc(Br)cc2c1CC(OC(=O)OC(C)(C)C)N2C(=O)OC(C)(C)C. The molecule has 1 atom stereocenters. The first-order valence-electron chi connectivity index (χ1n) is 9.04. The number of fused-ring (bicyclic) bond motifs is 1. The molecule has 1 aromatic carbocycles. The van der Waals surface area contributed by atoms with Crippen LogP contribution in [0.1, 0.15) is 57.5 Å². The van der Waals surface area contributed by atoms with Crippen LogP contribution < -0.4 is 4.90 Å². The van der Waals surface area contributed by atoms with Crippen LogP contribution in [0, 0.1) is 0 Å². The van der Waals surface area contributed by atoms with Crippen molar-refractivity contribution in [2.45, 2.75) is 65.4 Å². The molecule has 1 aromatic rings. The lowest BCUT2D eigenvalue weighted by Gasteiger charge is -2.29. The fourth-order valence-electron chi connectivity index (χ4n) is 2.77. The van der Waals surface area contributed by atoms with E-state index < -0.39 is 35.6 Å². The minimum absolute atomic E-state index is 0.0888. The molecule has 0 aromatic heterocycles. The molecule has 29 heavy (non-hydrogen) atoms. The second-order valence-electron chi connectivity index (χ2n) is 8.53. The Kier molecular flexibility index (Phi) is 6.51. The maximum atomic E-state index is 12.9. The third kappa shape index (κ3) is 5.85. The van der Waals surface area contributed by atoms with Crippen molar-refractivity contribution >= 4 is 39.8 Å². The second-order valence-corrected chi connectivity index (χ2v) is 9.45. The Labute approximate surface area is 178 Å². The minimum atomic E-state index is -1.03. The van der Waals surface area contributed by atoms with Crippen LogP contribution in [0.5, 0.6) is 0 Å². The molecule has 1 heterocycles. The zero-order chi connectivity index (χ0) is 22.1. The van der Waals surface area contributed by atoms with Crippen molar-refractivity contribution in [3.8, 4) is 0 Å². The molecule has 2 rings (SSSR count). The fourth-order valence-corrected chi connectivity index (χ4v) is 3.22. The van der Waals surface area contributed by atoms with Gasteiger partial charge in [-0.3, -0.25) is 0 Å². The first-order chi connectivity index (χ1) is 13.2. The maximum absolute atomic E-state index is 12.9. The first kappa shape index (κ1) is 23.0. The van der Waals surface area contributed by atoms with E-state index >= 15 is 0 Å². The molecule has 1 aliphatic heterocycles. The number of hydrogen-bond acceptors (Lipinski definition) is 7. The van der Waals surface area contributed by atoms with E-state index in [2.05, 4.69) is 15.9 Å². The molecule has 1 aliphatic rings. The van der Waals surface area contributed by atoms with Crippen LogP contribution in [0.15, 0.2) is 16.6 Å². The largest absolute Gasteiger partial charge is 0.510 e. The highest BCUT2D eigenvalue weighted by Crippen LogP contribution is 2.39. The van der Waals surface area contributed by atoms with Crippen molar-refractivity contribution in [3.05, 3.63) is 27.7 Å². The number of carbonyl (C=O) groups excluding carboxylic acids is 3. The van der Waals surface area contributed by atoms with Crippen LogP contribution in [-0.4, -0.2) is 42.8 Å². The topological polar surface area (TPSA) is 91.4 Å². The lowest BCUT2D eigenvalue weighted by molar-refractivity contribution is -0.0267. The van der Waals surface area contributed by atoms with Gasteiger partial charge in [-0.2, -0.15) is 0 Å². The smallest absolute Gasteiger partial charge is 0.465 e. The van der Waals surface area contributed by atoms with Crippen LogP contribution in [0.3, 0.4) is 0 Å². The van der Waals surface area contributed by atoms with Crippen LogP contribution >= 0.6 is 15.9 Å². The number of amides is 1. The Balaban J connectivity index is 2.46. The number of carbonyl (C=O) groups is 3. The normalized spacial score (nSPS) is 16.1. The molecule has 0 bridgehead atoms. The van der Waals surface area contributed by atoms with Crippen molar-refractivity contribution in [2.24, 2.45) is 0 Å². The summed E-state index contributed by atoms with van der Waals surface area (Å²) in [6.45, 7) is 10.3. The highest BCUT2D eigenvalue weighted by Gasteiger charge is 2.42. The summed E-state index contributed by atoms with van der Waals surface area (Å²) in [5.41, 5.74) is -0.365. The molecule has 9 heteroatoms. The number of hydrogen-bond donors (Lipinski definition) is 0. The predicted octanol–water partition coefficient (Wildman–Crippen LogP) is 4.81. The van der Waals surface area contributed by atoms with Crippen LogP contribution in [-0.2, 0) is 25.4 Å². The highest BCUT2D eigenvalue weighted by molar-refractivity contribution is 9.10. The number of methoxy groups -OCH3 is 1. The predicted molar refractivity (Wildman–Crippen MR) is 109 cm³/mol. The average Bonchev–Trinajstić information content (AvgIpc) is 2.87. The lowest BCUT2D eigenvalue weighted by Crippen LogP contribution is -2.44. The fraction of sp³-hybridized carbons (Fsp3) is 0.550. The first-order valence-corrected chi connectivity index (χ1v) is 9.83. The van der Waals surface area contributed by atoms with Gasteiger partial charge in [-0.1, -0.05) is 15.9 Å². The Hall–Kier alpha value is -2.29. The van der Waals surface area contributed by atoms with E-state index in [0.717, 1.165) is 0 Å². The standard InChI is InChI=1S/C20H26BrNO7/c1-19(2,3)28-17(24)22-14-9-11(21)8-13(16(23)26-7)12(14)10-15(22)27-18(25)29-20(4,5)6/h8-9,15H,10H2,1-7H3. The van der Waals surface area contributed by atoms with Crippen LogP contribution in [0.4, 0.5) is 15.3 Å². The second kappa shape index (κ2) is 8.22. The van der Waals surface area contributed by atoms with E-state index in [0.29, 0.717) is 15.7 Å². The van der Waals surface area contributed by atoms with E-state index in [-0.39, 0.29) is 12.0 Å². The van der Waals surface area contributed by atoms with E-state index in [4.69, 9.17) is 18.9 Å². The summed E-state index contributed by atoms with van der Waals surface area (Å²) in [4.78, 5) is 38.6. The van der Waals surface area contributed by atoms with Gasteiger partial charge in [0.15, 0.2) is 6.23 Å². The molecule has 8 nitrogen and oxygen atoms in total. The molecule has 160 valence electrons. The summed E-state index contributed by atoms with van der Waals surface area (Å²) >= 11 is 3.34. The third-order valence-electron chi connectivity index (χ3n) is 3.73.